The van der Waals surface area contributed by atoms with Gasteiger partial charge in [-0.05, 0) is 44.6 Å². The van der Waals surface area contributed by atoms with Gasteiger partial charge in [0.2, 0.25) is 10.0 Å². The third-order valence-corrected chi connectivity index (χ3v) is 5.07. The average Bonchev–Trinajstić information content (AvgIpc) is 2.32. The summed E-state index contributed by atoms with van der Waals surface area (Å²) in [5.74, 6) is 0. The number of benzene rings is 1. The summed E-state index contributed by atoms with van der Waals surface area (Å²) in [6, 6.07) is 4.30. The van der Waals surface area contributed by atoms with Crippen LogP contribution in [0.2, 0.25) is 5.02 Å². The second-order valence-electron chi connectivity index (χ2n) is 4.91. The molecule has 1 aromatic rings. The van der Waals surface area contributed by atoms with Crippen molar-refractivity contribution < 1.29 is 8.42 Å². The Morgan fingerprint density at radius 1 is 1.47 bits per heavy atom. The first kappa shape index (κ1) is 14.6. The predicted octanol–water partition coefficient (Wildman–Crippen LogP) is 1.29. The van der Waals surface area contributed by atoms with Crippen LogP contribution in [0.1, 0.15) is 12.8 Å². The maximum atomic E-state index is 12.2. The van der Waals surface area contributed by atoms with Crippen molar-refractivity contribution in [1.29, 1.82) is 0 Å². The summed E-state index contributed by atoms with van der Waals surface area (Å²) >= 11 is 5.86. The molecule has 0 bridgehead atoms. The third-order valence-electron chi connectivity index (χ3n) is 3.23. The van der Waals surface area contributed by atoms with Gasteiger partial charge in [-0.15, -0.1) is 0 Å². The van der Waals surface area contributed by atoms with Gasteiger partial charge in [0.15, 0.2) is 0 Å². The number of nitrogen functional groups attached to an aromatic ring is 1. The molecule has 2 rings (SSSR count). The highest BCUT2D eigenvalue weighted by Crippen LogP contribution is 2.23. The van der Waals surface area contributed by atoms with Crippen LogP contribution in [0.4, 0.5) is 5.69 Å². The Hall–Kier alpha value is -0.820. The molecule has 1 saturated heterocycles. The monoisotopic (exact) mass is 303 g/mol. The smallest absolute Gasteiger partial charge is 0.240 e. The molecule has 19 heavy (non-hydrogen) atoms. The Kier molecular flexibility index (Phi) is 4.35. The van der Waals surface area contributed by atoms with Gasteiger partial charge in [0, 0.05) is 12.6 Å². The molecule has 1 atom stereocenters. The molecule has 1 fully saturated rings. The number of nitrogens with zero attached hydrogens (tertiary/aromatic N) is 1. The summed E-state index contributed by atoms with van der Waals surface area (Å²) in [6.45, 7) is 1.73. The zero-order valence-electron chi connectivity index (χ0n) is 10.8. The Morgan fingerprint density at radius 2 is 2.21 bits per heavy atom. The summed E-state index contributed by atoms with van der Waals surface area (Å²) < 4.78 is 27.2. The predicted molar refractivity (Wildman–Crippen MR) is 76.7 cm³/mol. The molecule has 0 amide bonds. The molecule has 0 aromatic heterocycles. The van der Waals surface area contributed by atoms with Crippen molar-refractivity contribution in [2.24, 2.45) is 0 Å². The highest BCUT2D eigenvalue weighted by Gasteiger charge is 2.24. The van der Waals surface area contributed by atoms with Crippen molar-refractivity contribution in [2.45, 2.75) is 23.8 Å². The molecule has 1 aliphatic heterocycles. The quantitative estimate of drug-likeness (QED) is 0.825. The second kappa shape index (κ2) is 5.66. The minimum absolute atomic E-state index is 0.0555. The van der Waals surface area contributed by atoms with Crippen molar-refractivity contribution in [2.75, 3.05) is 25.9 Å². The number of hydrogen-bond donors (Lipinski definition) is 2. The molecule has 1 heterocycles. The highest BCUT2D eigenvalue weighted by atomic mass is 35.5. The number of nitrogens with one attached hydrogen (secondary N) is 1. The van der Waals surface area contributed by atoms with E-state index in [-0.39, 0.29) is 16.0 Å². The zero-order chi connectivity index (χ0) is 14.0. The van der Waals surface area contributed by atoms with E-state index in [0.29, 0.717) is 5.69 Å². The lowest BCUT2D eigenvalue weighted by atomic mass is 10.1. The number of likely N-dealkylation sites (tertiary alicyclic amines) is 1. The van der Waals surface area contributed by atoms with E-state index in [1.54, 1.807) is 0 Å². The number of hydrogen-bond acceptors (Lipinski definition) is 4. The van der Waals surface area contributed by atoms with E-state index in [1.165, 1.54) is 18.2 Å². The normalized spacial score (nSPS) is 21.5. The highest BCUT2D eigenvalue weighted by molar-refractivity contribution is 7.89. The van der Waals surface area contributed by atoms with Crippen LogP contribution in [0, 0.1) is 0 Å². The number of halogens is 1. The standard InChI is InChI=1S/C12H18ClN3O2S/c1-16-6-2-3-9(8-16)15-19(17,18)10-4-5-12(14)11(13)7-10/h4-5,7,9,15H,2-3,6,8,14H2,1H3. The number of sulfonamides is 1. The van der Waals surface area contributed by atoms with Crippen LogP contribution in [0.25, 0.3) is 0 Å². The number of piperidine rings is 1. The first-order valence-corrected chi connectivity index (χ1v) is 8.00. The lowest BCUT2D eigenvalue weighted by Crippen LogP contribution is -2.46. The summed E-state index contributed by atoms with van der Waals surface area (Å²) in [6.07, 6.45) is 1.85. The van der Waals surface area contributed by atoms with Crippen molar-refractivity contribution in [1.82, 2.24) is 9.62 Å². The molecule has 1 unspecified atom stereocenters. The number of rotatable bonds is 3. The summed E-state index contributed by atoms with van der Waals surface area (Å²) in [7, 11) is -1.55. The van der Waals surface area contributed by atoms with Crippen LogP contribution in [-0.2, 0) is 10.0 Å². The molecule has 0 aliphatic carbocycles. The van der Waals surface area contributed by atoms with E-state index in [1.807, 2.05) is 7.05 Å². The average molecular weight is 304 g/mol. The Balaban J connectivity index is 2.15. The van der Waals surface area contributed by atoms with Crippen LogP contribution in [0.5, 0.6) is 0 Å². The van der Waals surface area contributed by atoms with Gasteiger partial charge in [-0.25, -0.2) is 13.1 Å². The van der Waals surface area contributed by atoms with Crippen LogP contribution >= 0.6 is 11.6 Å². The van der Waals surface area contributed by atoms with Gasteiger partial charge in [-0.1, -0.05) is 11.6 Å². The van der Waals surface area contributed by atoms with Crippen LogP contribution in [0.15, 0.2) is 23.1 Å². The molecule has 106 valence electrons. The van der Waals surface area contributed by atoms with Gasteiger partial charge >= 0.3 is 0 Å². The van der Waals surface area contributed by atoms with Gasteiger partial charge in [-0.3, -0.25) is 0 Å². The lowest BCUT2D eigenvalue weighted by molar-refractivity contribution is 0.242. The van der Waals surface area contributed by atoms with E-state index in [0.717, 1.165) is 25.9 Å². The summed E-state index contributed by atoms with van der Waals surface area (Å²) in [5, 5.41) is 0.253. The first-order valence-electron chi connectivity index (χ1n) is 6.14. The molecule has 0 spiro atoms. The Labute approximate surface area is 118 Å². The maximum absolute atomic E-state index is 12.2. The molecular formula is C12H18ClN3O2S. The number of likely N-dealkylation sites (N-methyl/N-ethyl adjacent to an activating group) is 1. The van der Waals surface area contributed by atoms with Gasteiger partial charge < -0.3 is 10.6 Å². The fraction of sp³-hybridized carbons (Fsp3) is 0.500. The van der Waals surface area contributed by atoms with E-state index in [4.69, 9.17) is 17.3 Å². The second-order valence-corrected chi connectivity index (χ2v) is 7.03. The Morgan fingerprint density at radius 3 is 2.84 bits per heavy atom. The minimum atomic E-state index is -3.54. The minimum Gasteiger partial charge on any atom is -0.398 e. The van der Waals surface area contributed by atoms with E-state index in [9.17, 15) is 8.42 Å². The van der Waals surface area contributed by atoms with Crippen molar-refractivity contribution in [3.63, 3.8) is 0 Å². The van der Waals surface area contributed by atoms with Gasteiger partial charge in [0.25, 0.3) is 0 Å². The molecule has 0 radical (unpaired) electrons. The molecular weight excluding hydrogens is 286 g/mol. The van der Waals surface area contributed by atoms with Crippen molar-refractivity contribution >= 4 is 27.3 Å². The third kappa shape index (κ3) is 3.60. The van der Waals surface area contributed by atoms with Crippen LogP contribution in [0.3, 0.4) is 0 Å². The fourth-order valence-electron chi connectivity index (χ4n) is 2.23. The van der Waals surface area contributed by atoms with Crippen LogP contribution in [-0.4, -0.2) is 39.5 Å². The molecule has 1 aromatic carbocycles. The fourth-order valence-corrected chi connectivity index (χ4v) is 3.76. The summed E-state index contributed by atoms with van der Waals surface area (Å²) in [4.78, 5) is 2.27. The van der Waals surface area contributed by atoms with Gasteiger partial charge in [-0.2, -0.15) is 0 Å². The van der Waals surface area contributed by atoms with Gasteiger partial charge in [0.05, 0.1) is 15.6 Å². The van der Waals surface area contributed by atoms with Gasteiger partial charge in [0.1, 0.15) is 0 Å². The largest absolute Gasteiger partial charge is 0.398 e. The molecule has 5 nitrogen and oxygen atoms in total. The maximum Gasteiger partial charge on any atom is 0.240 e. The first-order chi connectivity index (χ1) is 8.88. The Bertz CT molecular complexity index is 562. The number of anilines is 1. The summed E-state index contributed by atoms with van der Waals surface area (Å²) in [5.41, 5.74) is 5.95. The molecule has 1 aliphatic rings. The lowest BCUT2D eigenvalue weighted by Gasteiger charge is -2.30. The molecule has 0 saturated carbocycles. The SMILES string of the molecule is CN1CCCC(NS(=O)(=O)c2ccc(N)c(Cl)c2)C1. The zero-order valence-corrected chi connectivity index (χ0v) is 12.3. The van der Waals surface area contributed by atoms with E-state index >= 15 is 0 Å². The van der Waals surface area contributed by atoms with E-state index in [2.05, 4.69) is 9.62 Å². The topological polar surface area (TPSA) is 75.4 Å². The van der Waals surface area contributed by atoms with Crippen molar-refractivity contribution in [3.05, 3.63) is 23.2 Å². The van der Waals surface area contributed by atoms with E-state index < -0.39 is 10.0 Å². The molecule has 7 heteroatoms. The number of nitrogens with two attached hydrogens (primary N) is 1. The molecule has 3 N–H and O–H groups in total. The van der Waals surface area contributed by atoms with Crippen molar-refractivity contribution in [3.8, 4) is 0 Å². The van der Waals surface area contributed by atoms with Crippen LogP contribution < -0.4 is 10.5 Å².